The molecule has 110 valence electrons. The minimum atomic E-state index is -4.86. The highest BCUT2D eigenvalue weighted by molar-refractivity contribution is 5.82. The molecule has 2 N–H and O–H groups in total. The highest BCUT2D eigenvalue weighted by atomic mass is 19.4. The summed E-state index contributed by atoms with van der Waals surface area (Å²) < 4.78 is 38.6. The highest BCUT2D eigenvalue weighted by Gasteiger charge is 2.64. The average Bonchev–Trinajstić information content (AvgIpc) is 2.74. The molecule has 0 saturated carbocycles. The lowest BCUT2D eigenvalue weighted by atomic mass is 9.86. The van der Waals surface area contributed by atoms with Crippen LogP contribution in [0.1, 0.15) is 19.8 Å². The van der Waals surface area contributed by atoms with E-state index in [1.807, 2.05) is 6.92 Å². The molecule has 0 aromatic heterocycles. The van der Waals surface area contributed by atoms with Gasteiger partial charge in [0.05, 0.1) is 6.54 Å². The van der Waals surface area contributed by atoms with E-state index in [0.717, 1.165) is 11.3 Å². The summed E-state index contributed by atoms with van der Waals surface area (Å²) in [6.07, 6.45) is -4.65. The lowest BCUT2D eigenvalue weighted by Crippen LogP contribution is -2.48. The molecule has 1 heterocycles. The van der Waals surface area contributed by atoms with Crippen LogP contribution in [0.15, 0.2) is 0 Å². The number of hydrogen-bond donors (Lipinski definition) is 2. The number of alkyl halides is 3. The number of likely N-dealkylation sites (tertiary alicyclic amines) is 1. The lowest BCUT2D eigenvalue weighted by molar-refractivity contribution is -0.227. The predicted molar refractivity (Wildman–Crippen MR) is 60.5 cm³/mol. The fourth-order valence-corrected chi connectivity index (χ4v) is 2.03. The van der Waals surface area contributed by atoms with Crippen molar-refractivity contribution in [3.63, 3.8) is 0 Å². The molecular weight excluding hydrogens is 265 g/mol. The minimum absolute atomic E-state index is 0.0681. The highest BCUT2D eigenvalue weighted by Crippen LogP contribution is 2.45. The Morgan fingerprint density at radius 2 is 2.05 bits per heavy atom. The summed E-state index contributed by atoms with van der Waals surface area (Å²) in [5.41, 5.74) is -2.83. The molecule has 1 unspecified atom stereocenters. The van der Waals surface area contributed by atoms with E-state index < -0.39 is 36.4 Å². The van der Waals surface area contributed by atoms with E-state index in [1.54, 1.807) is 0 Å². The van der Waals surface area contributed by atoms with E-state index in [0.29, 0.717) is 6.54 Å². The second kappa shape index (κ2) is 5.77. The van der Waals surface area contributed by atoms with Crippen LogP contribution in [-0.4, -0.2) is 54.2 Å². The standard InChI is InChI=1S/C11H17F3N2O3/c1-2-4-15-6-8(17)16-5-3-10(7-16,9(18)19)11(12,13)14/h15H,2-7H2,1H3,(H,18,19). The molecule has 1 fully saturated rings. The van der Waals surface area contributed by atoms with Crippen molar-refractivity contribution in [1.82, 2.24) is 10.2 Å². The van der Waals surface area contributed by atoms with Gasteiger partial charge in [-0.15, -0.1) is 0 Å². The van der Waals surface area contributed by atoms with Gasteiger partial charge in [-0.25, -0.2) is 0 Å². The number of aliphatic carboxylic acids is 1. The Morgan fingerprint density at radius 3 is 2.47 bits per heavy atom. The summed E-state index contributed by atoms with van der Waals surface area (Å²) in [5.74, 6) is -2.42. The number of carbonyl (C=O) groups is 2. The van der Waals surface area contributed by atoms with Gasteiger partial charge in [0.1, 0.15) is 0 Å². The number of carbonyl (C=O) groups excluding carboxylic acids is 1. The summed E-state index contributed by atoms with van der Waals surface area (Å²) in [6.45, 7) is 1.42. The molecule has 5 nitrogen and oxygen atoms in total. The molecule has 1 saturated heterocycles. The van der Waals surface area contributed by atoms with Crippen molar-refractivity contribution in [2.45, 2.75) is 25.9 Å². The maximum atomic E-state index is 12.9. The van der Waals surface area contributed by atoms with Gasteiger partial charge in [-0.2, -0.15) is 13.2 Å². The molecule has 0 aliphatic carbocycles. The van der Waals surface area contributed by atoms with Gasteiger partial charge >= 0.3 is 12.1 Å². The van der Waals surface area contributed by atoms with Crippen molar-refractivity contribution in [2.75, 3.05) is 26.2 Å². The number of nitrogens with one attached hydrogen (secondary N) is 1. The van der Waals surface area contributed by atoms with Gasteiger partial charge in [-0.3, -0.25) is 9.59 Å². The summed E-state index contributed by atoms with van der Waals surface area (Å²) in [5, 5.41) is 11.6. The van der Waals surface area contributed by atoms with Gasteiger partial charge in [0.15, 0.2) is 5.41 Å². The van der Waals surface area contributed by atoms with Crippen molar-refractivity contribution in [1.29, 1.82) is 0 Å². The zero-order chi connectivity index (χ0) is 14.7. The number of carboxylic acid groups (broad SMARTS) is 1. The van der Waals surface area contributed by atoms with Crippen molar-refractivity contribution in [2.24, 2.45) is 5.41 Å². The van der Waals surface area contributed by atoms with Crippen molar-refractivity contribution in [3.8, 4) is 0 Å². The summed E-state index contributed by atoms with van der Waals surface area (Å²) in [6, 6.07) is 0. The van der Waals surface area contributed by atoms with E-state index >= 15 is 0 Å². The first-order valence-electron chi connectivity index (χ1n) is 6.03. The van der Waals surface area contributed by atoms with Gasteiger partial charge in [0, 0.05) is 13.1 Å². The van der Waals surface area contributed by atoms with Crippen LogP contribution >= 0.6 is 0 Å². The molecule has 1 aliphatic rings. The Hall–Kier alpha value is -1.31. The Bertz CT molecular complexity index is 360. The molecule has 0 spiro atoms. The minimum Gasteiger partial charge on any atom is -0.481 e. The van der Waals surface area contributed by atoms with Gasteiger partial charge < -0.3 is 15.3 Å². The van der Waals surface area contributed by atoms with E-state index in [2.05, 4.69) is 5.32 Å². The van der Waals surface area contributed by atoms with Gasteiger partial charge in [-0.1, -0.05) is 6.92 Å². The normalized spacial score (nSPS) is 23.7. The summed E-state index contributed by atoms with van der Waals surface area (Å²) >= 11 is 0. The van der Waals surface area contributed by atoms with Crippen LogP contribution in [0.25, 0.3) is 0 Å². The molecule has 0 aromatic carbocycles. The van der Waals surface area contributed by atoms with Crippen LogP contribution in [0.5, 0.6) is 0 Å². The molecule has 8 heteroatoms. The molecule has 1 aliphatic heterocycles. The summed E-state index contributed by atoms with van der Waals surface area (Å²) in [4.78, 5) is 23.5. The molecule has 0 bridgehead atoms. The lowest BCUT2D eigenvalue weighted by Gasteiger charge is -2.27. The summed E-state index contributed by atoms with van der Waals surface area (Å²) in [7, 11) is 0. The van der Waals surface area contributed by atoms with Crippen LogP contribution in [-0.2, 0) is 9.59 Å². The Labute approximate surface area is 108 Å². The number of nitrogens with zero attached hydrogens (tertiary/aromatic N) is 1. The first-order valence-corrected chi connectivity index (χ1v) is 6.03. The first kappa shape index (κ1) is 15.7. The molecular formula is C11H17F3N2O3. The zero-order valence-electron chi connectivity index (χ0n) is 10.6. The van der Waals surface area contributed by atoms with Crippen LogP contribution in [0.4, 0.5) is 13.2 Å². The monoisotopic (exact) mass is 282 g/mol. The van der Waals surface area contributed by atoms with E-state index in [1.165, 1.54) is 0 Å². The van der Waals surface area contributed by atoms with Crippen LogP contribution in [0.2, 0.25) is 0 Å². The van der Waals surface area contributed by atoms with Gasteiger partial charge in [-0.05, 0) is 19.4 Å². The SMILES string of the molecule is CCCNCC(=O)N1CCC(C(=O)O)(C(F)(F)F)C1. The Morgan fingerprint density at radius 1 is 1.42 bits per heavy atom. The van der Waals surface area contributed by atoms with Crippen molar-refractivity contribution in [3.05, 3.63) is 0 Å². The van der Waals surface area contributed by atoms with Crippen LogP contribution in [0, 0.1) is 5.41 Å². The predicted octanol–water partition coefficient (Wildman–Crippen LogP) is 0.852. The third-order valence-corrected chi connectivity index (χ3v) is 3.28. The number of halogens is 3. The topological polar surface area (TPSA) is 69.6 Å². The third-order valence-electron chi connectivity index (χ3n) is 3.28. The van der Waals surface area contributed by atoms with Crippen molar-refractivity contribution < 1.29 is 27.9 Å². The van der Waals surface area contributed by atoms with Crippen molar-refractivity contribution >= 4 is 11.9 Å². The fraction of sp³-hybridized carbons (Fsp3) is 0.818. The van der Waals surface area contributed by atoms with Crippen LogP contribution in [0.3, 0.4) is 0 Å². The number of carboxylic acids is 1. The Kier molecular flexibility index (Phi) is 4.78. The smallest absolute Gasteiger partial charge is 0.406 e. The Balaban J connectivity index is 2.70. The number of hydrogen-bond acceptors (Lipinski definition) is 3. The fourth-order valence-electron chi connectivity index (χ4n) is 2.03. The third kappa shape index (κ3) is 3.17. The number of amides is 1. The van der Waals surface area contributed by atoms with E-state index in [9.17, 15) is 22.8 Å². The molecule has 0 radical (unpaired) electrons. The molecule has 1 rings (SSSR count). The average molecular weight is 282 g/mol. The van der Waals surface area contributed by atoms with E-state index in [4.69, 9.17) is 5.11 Å². The second-order valence-electron chi connectivity index (χ2n) is 4.63. The maximum Gasteiger partial charge on any atom is 0.406 e. The molecule has 1 amide bonds. The quantitative estimate of drug-likeness (QED) is 0.734. The number of rotatable bonds is 5. The van der Waals surface area contributed by atoms with Crippen LogP contribution < -0.4 is 5.32 Å². The van der Waals surface area contributed by atoms with Gasteiger partial charge in [0.25, 0.3) is 0 Å². The molecule has 19 heavy (non-hydrogen) atoms. The van der Waals surface area contributed by atoms with E-state index in [-0.39, 0.29) is 13.1 Å². The zero-order valence-corrected chi connectivity index (χ0v) is 10.6. The molecule has 0 aromatic rings. The largest absolute Gasteiger partial charge is 0.481 e. The first-order chi connectivity index (χ1) is 8.74. The second-order valence-corrected chi connectivity index (χ2v) is 4.63. The van der Waals surface area contributed by atoms with Gasteiger partial charge in [0.2, 0.25) is 5.91 Å². The molecule has 1 atom stereocenters. The maximum absolute atomic E-state index is 12.9.